The number of hydrogen-bond acceptors (Lipinski definition) is 4. The first-order valence-corrected chi connectivity index (χ1v) is 11.3. The third-order valence-corrected chi connectivity index (χ3v) is 7.02. The summed E-state index contributed by atoms with van der Waals surface area (Å²) in [4.78, 5) is 17.6. The van der Waals surface area contributed by atoms with Crippen LogP contribution in [0.3, 0.4) is 0 Å². The fourth-order valence-electron chi connectivity index (χ4n) is 3.67. The summed E-state index contributed by atoms with van der Waals surface area (Å²) < 4.78 is 29.1. The van der Waals surface area contributed by atoms with Crippen LogP contribution in [0.1, 0.15) is 36.5 Å². The summed E-state index contributed by atoms with van der Waals surface area (Å²) in [5, 5.41) is 2.85. The van der Waals surface area contributed by atoms with E-state index >= 15 is 0 Å². The molecule has 160 valence electrons. The number of nitrogens with zero attached hydrogens (tertiary/aromatic N) is 3. The number of imidazole rings is 1. The van der Waals surface area contributed by atoms with Gasteiger partial charge in [-0.25, -0.2) is 13.4 Å². The molecule has 0 saturated carbocycles. The summed E-state index contributed by atoms with van der Waals surface area (Å²) in [6, 6.07) is 13.9. The van der Waals surface area contributed by atoms with Gasteiger partial charge in [-0.3, -0.25) is 10.1 Å². The molecular formula is C21H25ClN4O3S. The van der Waals surface area contributed by atoms with E-state index in [4.69, 9.17) is 0 Å². The Morgan fingerprint density at radius 1 is 1.10 bits per heavy atom. The van der Waals surface area contributed by atoms with Gasteiger partial charge in [0.2, 0.25) is 16.0 Å². The van der Waals surface area contributed by atoms with Crippen LogP contribution in [0.15, 0.2) is 53.4 Å². The number of aromatic nitrogens is 2. The van der Waals surface area contributed by atoms with Crippen molar-refractivity contribution in [3.05, 3.63) is 54.1 Å². The third kappa shape index (κ3) is 4.21. The Balaban J connectivity index is 0.00000256. The SMILES string of the molecule is CCCn1c(NC(=O)c2cccc(S(=O)(=O)N3CCCC3)c2)nc2ccccc21.Cl. The number of halogens is 1. The second kappa shape index (κ2) is 9.16. The van der Waals surface area contributed by atoms with Crippen molar-refractivity contribution in [1.82, 2.24) is 13.9 Å². The van der Waals surface area contributed by atoms with E-state index in [9.17, 15) is 13.2 Å². The minimum Gasteiger partial charge on any atom is -0.310 e. The van der Waals surface area contributed by atoms with Crippen LogP contribution >= 0.6 is 12.4 Å². The molecule has 1 aliphatic rings. The number of fused-ring (bicyclic) bond motifs is 1. The van der Waals surface area contributed by atoms with Crippen LogP contribution in [0, 0.1) is 0 Å². The molecule has 0 spiro atoms. The molecule has 0 aliphatic carbocycles. The molecule has 3 aromatic rings. The van der Waals surface area contributed by atoms with Gasteiger partial charge in [-0.2, -0.15) is 4.31 Å². The molecule has 2 heterocycles. The maximum absolute atomic E-state index is 12.9. The zero-order valence-corrected chi connectivity index (χ0v) is 18.4. The van der Waals surface area contributed by atoms with Crippen LogP contribution < -0.4 is 5.32 Å². The van der Waals surface area contributed by atoms with Crippen molar-refractivity contribution in [2.75, 3.05) is 18.4 Å². The molecule has 0 unspecified atom stereocenters. The van der Waals surface area contributed by atoms with Gasteiger partial charge >= 0.3 is 0 Å². The molecule has 30 heavy (non-hydrogen) atoms. The molecule has 1 aliphatic heterocycles. The molecule has 7 nitrogen and oxygen atoms in total. The standard InChI is InChI=1S/C21H24N4O3S.ClH/c1-2-12-25-19-11-4-3-10-18(19)22-21(25)23-20(26)16-8-7-9-17(15-16)29(27,28)24-13-5-6-14-24;/h3-4,7-11,15H,2,5-6,12-14H2,1H3,(H,22,23,26);1H. The van der Waals surface area contributed by atoms with Gasteiger partial charge in [-0.1, -0.05) is 25.1 Å². The van der Waals surface area contributed by atoms with Crippen molar-refractivity contribution in [2.24, 2.45) is 0 Å². The highest BCUT2D eigenvalue weighted by molar-refractivity contribution is 7.89. The second-order valence-corrected chi connectivity index (χ2v) is 9.11. The smallest absolute Gasteiger partial charge is 0.258 e. The Labute approximate surface area is 182 Å². The molecule has 1 fully saturated rings. The molecule has 1 aromatic heterocycles. The van der Waals surface area contributed by atoms with Gasteiger partial charge in [0.1, 0.15) is 0 Å². The Morgan fingerprint density at radius 3 is 2.57 bits per heavy atom. The number of sulfonamides is 1. The number of amides is 1. The topological polar surface area (TPSA) is 84.3 Å². The van der Waals surface area contributed by atoms with Gasteiger partial charge in [0.05, 0.1) is 15.9 Å². The van der Waals surface area contributed by atoms with Crippen molar-refractivity contribution in [3.63, 3.8) is 0 Å². The van der Waals surface area contributed by atoms with Gasteiger partial charge < -0.3 is 4.57 Å². The van der Waals surface area contributed by atoms with Crippen molar-refractivity contribution in [1.29, 1.82) is 0 Å². The van der Waals surface area contributed by atoms with Crippen LogP contribution in [0.5, 0.6) is 0 Å². The minimum atomic E-state index is -3.57. The van der Waals surface area contributed by atoms with Crippen LogP contribution in [-0.2, 0) is 16.6 Å². The van der Waals surface area contributed by atoms with Crippen molar-refractivity contribution < 1.29 is 13.2 Å². The number of carbonyl (C=O) groups is 1. The average Bonchev–Trinajstić information content (AvgIpc) is 3.38. The van der Waals surface area contributed by atoms with Crippen molar-refractivity contribution >= 4 is 45.3 Å². The molecular weight excluding hydrogens is 424 g/mol. The molecule has 1 N–H and O–H groups in total. The van der Waals surface area contributed by atoms with Crippen LogP contribution in [-0.4, -0.2) is 41.3 Å². The zero-order valence-electron chi connectivity index (χ0n) is 16.7. The van der Waals surface area contributed by atoms with Gasteiger partial charge in [-0.05, 0) is 49.6 Å². The first-order valence-electron chi connectivity index (χ1n) is 9.87. The van der Waals surface area contributed by atoms with E-state index in [0.717, 1.165) is 36.8 Å². The number of nitrogens with one attached hydrogen (secondary N) is 1. The summed E-state index contributed by atoms with van der Waals surface area (Å²) in [6.45, 7) is 3.84. The van der Waals surface area contributed by atoms with E-state index < -0.39 is 10.0 Å². The summed E-state index contributed by atoms with van der Waals surface area (Å²) in [6.07, 6.45) is 2.63. The number of hydrogen-bond donors (Lipinski definition) is 1. The Kier molecular flexibility index (Phi) is 6.80. The molecule has 1 amide bonds. The minimum absolute atomic E-state index is 0. The number of para-hydroxylation sites is 2. The Bertz CT molecular complexity index is 1150. The number of rotatable bonds is 6. The fraction of sp³-hybridized carbons (Fsp3) is 0.333. The molecule has 0 atom stereocenters. The maximum atomic E-state index is 12.9. The molecule has 9 heteroatoms. The normalized spacial score (nSPS) is 14.6. The molecule has 0 bridgehead atoms. The van der Waals surface area contributed by atoms with Crippen LogP contribution in [0.2, 0.25) is 0 Å². The van der Waals surface area contributed by atoms with E-state index in [1.54, 1.807) is 12.1 Å². The first kappa shape index (κ1) is 22.3. The zero-order chi connectivity index (χ0) is 20.4. The maximum Gasteiger partial charge on any atom is 0.258 e. The number of benzene rings is 2. The molecule has 2 aromatic carbocycles. The van der Waals surface area contributed by atoms with Gasteiger partial charge in [0, 0.05) is 25.2 Å². The largest absolute Gasteiger partial charge is 0.310 e. The van der Waals surface area contributed by atoms with E-state index in [2.05, 4.69) is 17.2 Å². The molecule has 0 radical (unpaired) electrons. The van der Waals surface area contributed by atoms with Gasteiger partial charge in [0.25, 0.3) is 5.91 Å². The summed E-state index contributed by atoms with van der Waals surface area (Å²) in [5.41, 5.74) is 2.05. The summed E-state index contributed by atoms with van der Waals surface area (Å²) in [5.74, 6) is 0.0852. The predicted octanol–water partition coefficient (Wildman–Crippen LogP) is 3.90. The lowest BCUT2D eigenvalue weighted by atomic mass is 10.2. The van der Waals surface area contributed by atoms with Crippen LogP contribution in [0.25, 0.3) is 11.0 Å². The second-order valence-electron chi connectivity index (χ2n) is 7.17. The third-order valence-electron chi connectivity index (χ3n) is 5.13. The highest BCUT2D eigenvalue weighted by Crippen LogP contribution is 2.23. The first-order chi connectivity index (χ1) is 14.0. The number of carbonyl (C=O) groups excluding carboxylic acids is 1. The monoisotopic (exact) mass is 448 g/mol. The van der Waals surface area contributed by atoms with E-state index in [-0.39, 0.29) is 23.2 Å². The Morgan fingerprint density at radius 2 is 1.83 bits per heavy atom. The van der Waals surface area contributed by atoms with Gasteiger partial charge in [-0.15, -0.1) is 12.4 Å². The van der Waals surface area contributed by atoms with Crippen molar-refractivity contribution in [3.8, 4) is 0 Å². The van der Waals surface area contributed by atoms with Crippen LogP contribution in [0.4, 0.5) is 5.95 Å². The number of anilines is 1. The summed E-state index contributed by atoms with van der Waals surface area (Å²) >= 11 is 0. The van der Waals surface area contributed by atoms with Crippen molar-refractivity contribution in [2.45, 2.75) is 37.6 Å². The molecule has 1 saturated heterocycles. The lowest BCUT2D eigenvalue weighted by Gasteiger charge is -2.16. The summed E-state index contributed by atoms with van der Waals surface area (Å²) in [7, 11) is -3.57. The van der Waals surface area contributed by atoms with E-state index in [1.165, 1.54) is 16.4 Å². The Hall–Kier alpha value is -2.42. The number of aryl methyl sites for hydroxylation is 1. The van der Waals surface area contributed by atoms with Gasteiger partial charge in [0.15, 0.2) is 0 Å². The van der Waals surface area contributed by atoms with E-state index in [1.807, 2.05) is 28.8 Å². The molecule has 4 rings (SSSR count). The fourth-order valence-corrected chi connectivity index (χ4v) is 5.23. The lowest BCUT2D eigenvalue weighted by molar-refractivity contribution is 0.102. The predicted molar refractivity (Wildman–Crippen MR) is 120 cm³/mol. The highest BCUT2D eigenvalue weighted by atomic mass is 35.5. The lowest BCUT2D eigenvalue weighted by Crippen LogP contribution is -2.28. The highest BCUT2D eigenvalue weighted by Gasteiger charge is 2.27. The quantitative estimate of drug-likeness (QED) is 0.619. The van der Waals surface area contributed by atoms with E-state index in [0.29, 0.717) is 24.6 Å². The average molecular weight is 449 g/mol.